The van der Waals surface area contributed by atoms with Crippen LogP contribution >= 0.6 is 0 Å². The average Bonchev–Trinajstić information content (AvgIpc) is 2.37. The van der Waals surface area contributed by atoms with E-state index in [2.05, 4.69) is 0 Å². The molecule has 0 bridgehead atoms. The summed E-state index contributed by atoms with van der Waals surface area (Å²) in [6.45, 7) is 0.240. The molecule has 1 fully saturated rings. The summed E-state index contributed by atoms with van der Waals surface area (Å²) in [6.07, 6.45) is 2.30. The number of hydrogen-bond acceptors (Lipinski definition) is 4. The van der Waals surface area contributed by atoms with E-state index in [0.29, 0.717) is 19.0 Å². The van der Waals surface area contributed by atoms with Crippen molar-refractivity contribution in [1.82, 2.24) is 0 Å². The second-order valence-corrected chi connectivity index (χ2v) is 4.54. The number of halogens is 2. The Labute approximate surface area is 108 Å². The predicted molar refractivity (Wildman–Crippen MR) is 65.1 cm³/mol. The van der Waals surface area contributed by atoms with E-state index < -0.39 is 22.2 Å². The first-order valence-corrected chi connectivity index (χ1v) is 6.05. The molecule has 1 aromatic rings. The zero-order chi connectivity index (χ0) is 14.0. The second-order valence-electron chi connectivity index (χ2n) is 4.54. The Morgan fingerprint density at radius 2 is 2.16 bits per heavy atom. The third kappa shape index (κ3) is 2.65. The van der Waals surface area contributed by atoms with Crippen LogP contribution in [0.15, 0.2) is 12.1 Å². The van der Waals surface area contributed by atoms with E-state index in [9.17, 15) is 24.0 Å². The highest BCUT2D eigenvalue weighted by molar-refractivity contribution is 5.64. The van der Waals surface area contributed by atoms with Crippen molar-refractivity contribution < 1.29 is 18.8 Å². The quantitative estimate of drug-likeness (QED) is 0.676. The van der Waals surface area contributed by atoms with Gasteiger partial charge in [0.05, 0.1) is 17.6 Å². The van der Waals surface area contributed by atoms with Gasteiger partial charge in [-0.3, -0.25) is 10.1 Å². The van der Waals surface area contributed by atoms with Gasteiger partial charge in [-0.15, -0.1) is 0 Å². The van der Waals surface area contributed by atoms with Gasteiger partial charge in [0.1, 0.15) is 11.5 Å². The van der Waals surface area contributed by atoms with Gasteiger partial charge in [-0.1, -0.05) is 0 Å². The number of hydrogen-bond donors (Lipinski definition) is 1. The molecular formula is C12H14F2N2O3. The van der Waals surface area contributed by atoms with Crippen LogP contribution < -0.4 is 4.90 Å². The number of nitro benzene ring substituents is 1. The van der Waals surface area contributed by atoms with Crippen molar-refractivity contribution in [2.45, 2.75) is 25.3 Å². The van der Waals surface area contributed by atoms with E-state index in [4.69, 9.17) is 0 Å². The van der Waals surface area contributed by atoms with Gasteiger partial charge >= 0.3 is 5.69 Å². The lowest BCUT2D eigenvalue weighted by Gasteiger charge is -2.36. The molecule has 1 N–H and O–H groups in total. The molecular weight excluding hydrogens is 258 g/mol. The van der Waals surface area contributed by atoms with E-state index in [1.165, 1.54) is 4.90 Å². The van der Waals surface area contributed by atoms with Crippen LogP contribution in [0, 0.1) is 21.7 Å². The van der Waals surface area contributed by atoms with Crippen molar-refractivity contribution in [3.8, 4) is 0 Å². The van der Waals surface area contributed by atoms with Crippen LogP contribution in [0.4, 0.5) is 20.2 Å². The molecule has 0 aliphatic carbocycles. The third-order valence-corrected chi connectivity index (χ3v) is 3.34. The van der Waals surface area contributed by atoms with E-state index in [0.717, 1.165) is 18.9 Å². The third-order valence-electron chi connectivity index (χ3n) is 3.34. The minimum Gasteiger partial charge on any atom is -0.394 e. The summed E-state index contributed by atoms with van der Waals surface area (Å²) in [5.74, 6) is -2.05. The van der Waals surface area contributed by atoms with Gasteiger partial charge in [-0.2, -0.15) is 4.39 Å². The lowest BCUT2D eigenvalue weighted by Crippen LogP contribution is -2.42. The van der Waals surface area contributed by atoms with Crippen LogP contribution in [0.1, 0.15) is 19.3 Å². The minimum absolute atomic E-state index is 0.0961. The van der Waals surface area contributed by atoms with E-state index in [1.807, 2.05) is 0 Å². The Morgan fingerprint density at radius 3 is 2.79 bits per heavy atom. The molecule has 1 aliphatic heterocycles. The molecule has 1 saturated heterocycles. The van der Waals surface area contributed by atoms with Gasteiger partial charge < -0.3 is 10.0 Å². The summed E-state index contributed by atoms with van der Waals surface area (Å²) in [6, 6.07) is 1.11. The maximum atomic E-state index is 13.6. The van der Waals surface area contributed by atoms with Gasteiger partial charge in [0.15, 0.2) is 0 Å². The highest BCUT2D eigenvalue weighted by atomic mass is 19.1. The first-order chi connectivity index (χ1) is 9.04. The van der Waals surface area contributed by atoms with Gasteiger partial charge in [-0.25, -0.2) is 4.39 Å². The molecule has 1 aliphatic rings. The Kier molecular flexibility index (Phi) is 3.94. The van der Waals surface area contributed by atoms with Gasteiger partial charge in [0.25, 0.3) is 0 Å². The molecule has 0 aromatic heterocycles. The number of nitrogens with zero attached hydrogens (tertiary/aromatic N) is 2. The van der Waals surface area contributed by atoms with Gasteiger partial charge in [-0.05, 0) is 19.3 Å². The summed E-state index contributed by atoms with van der Waals surface area (Å²) in [5, 5.41) is 20.2. The summed E-state index contributed by atoms with van der Waals surface area (Å²) >= 11 is 0. The van der Waals surface area contributed by atoms with Crippen LogP contribution in [-0.4, -0.2) is 29.2 Å². The molecule has 5 nitrogen and oxygen atoms in total. The number of nitro groups is 1. The molecule has 0 amide bonds. The summed E-state index contributed by atoms with van der Waals surface area (Å²) in [4.78, 5) is 11.6. The number of anilines is 1. The molecule has 1 atom stereocenters. The standard InChI is InChI=1S/C12H14F2N2O3/c13-8-5-10(14)12(16(18)19)11(6-8)15-4-2-1-3-9(15)7-17/h5-6,9,17H,1-4,7H2. The van der Waals surface area contributed by atoms with Crippen LogP contribution in [0.25, 0.3) is 0 Å². The monoisotopic (exact) mass is 272 g/mol. The first kappa shape index (κ1) is 13.7. The van der Waals surface area contributed by atoms with Crippen LogP contribution in [0.5, 0.6) is 0 Å². The molecule has 2 rings (SSSR count). The van der Waals surface area contributed by atoms with Crippen molar-refractivity contribution in [2.75, 3.05) is 18.1 Å². The molecule has 19 heavy (non-hydrogen) atoms. The summed E-state index contributed by atoms with van der Waals surface area (Å²) in [7, 11) is 0. The fraction of sp³-hybridized carbons (Fsp3) is 0.500. The van der Waals surface area contributed by atoms with Crippen LogP contribution in [0.2, 0.25) is 0 Å². The normalized spacial score (nSPS) is 19.5. The Hall–Kier alpha value is -1.76. The average molecular weight is 272 g/mol. The molecule has 104 valence electrons. The van der Waals surface area contributed by atoms with Crippen LogP contribution in [0.3, 0.4) is 0 Å². The smallest absolute Gasteiger partial charge is 0.328 e. The second kappa shape index (κ2) is 5.48. The largest absolute Gasteiger partial charge is 0.394 e. The minimum atomic E-state index is -1.19. The molecule has 1 heterocycles. The van der Waals surface area contributed by atoms with Crippen molar-refractivity contribution in [1.29, 1.82) is 0 Å². The molecule has 7 heteroatoms. The molecule has 0 spiro atoms. The Morgan fingerprint density at radius 1 is 1.42 bits per heavy atom. The fourth-order valence-corrected chi connectivity index (χ4v) is 2.46. The zero-order valence-electron chi connectivity index (χ0n) is 10.2. The van der Waals surface area contributed by atoms with E-state index in [-0.39, 0.29) is 18.3 Å². The predicted octanol–water partition coefficient (Wildman–Crippen LogP) is 2.22. The molecule has 0 saturated carbocycles. The van der Waals surface area contributed by atoms with Crippen molar-refractivity contribution in [2.24, 2.45) is 0 Å². The number of aliphatic hydroxyl groups is 1. The highest BCUT2D eigenvalue weighted by Crippen LogP contribution is 2.35. The summed E-state index contributed by atoms with van der Waals surface area (Å²) < 4.78 is 26.9. The Bertz CT molecular complexity index is 496. The Balaban J connectivity index is 2.50. The van der Waals surface area contributed by atoms with Crippen molar-refractivity contribution in [3.63, 3.8) is 0 Å². The maximum absolute atomic E-state index is 13.6. The van der Waals surface area contributed by atoms with Gasteiger partial charge in [0, 0.05) is 18.7 Å². The SMILES string of the molecule is O=[N+]([O-])c1c(F)cc(F)cc1N1CCCCC1CO. The van der Waals surface area contributed by atoms with Crippen molar-refractivity contribution in [3.05, 3.63) is 33.9 Å². The number of piperidine rings is 1. The lowest BCUT2D eigenvalue weighted by atomic mass is 10.0. The maximum Gasteiger partial charge on any atom is 0.328 e. The fourth-order valence-electron chi connectivity index (χ4n) is 2.46. The molecule has 0 radical (unpaired) electrons. The van der Waals surface area contributed by atoms with E-state index >= 15 is 0 Å². The van der Waals surface area contributed by atoms with E-state index in [1.54, 1.807) is 0 Å². The zero-order valence-corrected chi connectivity index (χ0v) is 10.2. The van der Waals surface area contributed by atoms with Gasteiger partial charge in [0.2, 0.25) is 5.82 Å². The lowest BCUT2D eigenvalue weighted by molar-refractivity contribution is -0.386. The van der Waals surface area contributed by atoms with Crippen molar-refractivity contribution >= 4 is 11.4 Å². The topological polar surface area (TPSA) is 66.6 Å². The number of aliphatic hydroxyl groups excluding tert-OH is 1. The summed E-state index contributed by atoms with van der Waals surface area (Å²) in [5.41, 5.74) is -0.831. The molecule has 1 aromatic carbocycles. The first-order valence-electron chi connectivity index (χ1n) is 6.05. The highest BCUT2D eigenvalue weighted by Gasteiger charge is 2.31. The number of benzene rings is 1. The van der Waals surface area contributed by atoms with Crippen LogP contribution in [-0.2, 0) is 0 Å². The number of rotatable bonds is 3. The molecule has 1 unspecified atom stereocenters.